The Morgan fingerprint density at radius 1 is 1.05 bits per heavy atom. The van der Waals surface area contributed by atoms with Crippen LogP contribution in [-0.4, -0.2) is 73.1 Å². The van der Waals surface area contributed by atoms with Crippen molar-refractivity contribution in [2.45, 2.75) is 51.0 Å². The number of H-pyrrole nitrogens is 1. The molecule has 0 radical (unpaired) electrons. The summed E-state index contributed by atoms with van der Waals surface area (Å²) >= 11 is 0. The SMILES string of the molecule is COc1ccccc1N(C(=O)CN1CCN(CCCc2c[nH]c3ccc(F)cc23)CC1)C1CCCCC1. The van der Waals surface area contributed by atoms with Crippen molar-refractivity contribution < 1.29 is 13.9 Å². The number of benzene rings is 2. The number of rotatable bonds is 9. The van der Waals surface area contributed by atoms with Gasteiger partial charge in [-0.05, 0) is 68.1 Å². The predicted octanol–water partition coefficient (Wildman–Crippen LogP) is 5.23. The number of ether oxygens (including phenoxy) is 1. The molecule has 2 aromatic carbocycles. The van der Waals surface area contributed by atoms with Crippen LogP contribution in [0, 0.1) is 5.82 Å². The van der Waals surface area contributed by atoms with Gasteiger partial charge in [0.15, 0.2) is 0 Å². The molecule has 3 aromatic rings. The number of methoxy groups -OCH3 is 1. The van der Waals surface area contributed by atoms with E-state index in [0.29, 0.717) is 6.54 Å². The predicted molar refractivity (Wildman–Crippen MR) is 147 cm³/mol. The van der Waals surface area contributed by atoms with Gasteiger partial charge in [0.1, 0.15) is 11.6 Å². The molecule has 1 aliphatic carbocycles. The first-order valence-corrected chi connectivity index (χ1v) is 13.8. The highest BCUT2D eigenvalue weighted by atomic mass is 19.1. The number of nitrogens with zero attached hydrogens (tertiary/aromatic N) is 3. The molecule has 1 N–H and O–H groups in total. The first-order valence-electron chi connectivity index (χ1n) is 13.8. The van der Waals surface area contributed by atoms with Crippen LogP contribution in [-0.2, 0) is 11.2 Å². The van der Waals surface area contributed by atoms with E-state index in [4.69, 9.17) is 4.74 Å². The standard InChI is InChI=1S/C30H39FN4O2/c1-37-29-12-6-5-11-28(29)35(25-9-3-2-4-10-25)30(36)22-34-18-16-33(17-19-34)15-7-8-23-21-32-27-14-13-24(31)20-26(23)27/h5-6,11-14,20-21,25,32H,2-4,7-10,15-19,22H2,1H3. The van der Waals surface area contributed by atoms with Gasteiger partial charge < -0.3 is 19.5 Å². The fourth-order valence-electron chi connectivity index (χ4n) is 5.99. The lowest BCUT2D eigenvalue weighted by molar-refractivity contribution is -0.120. The summed E-state index contributed by atoms with van der Waals surface area (Å²) in [5.74, 6) is 0.757. The van der Waals surface area contributed by atoms with E-state index in [1.54, 1.807) is 19.2 Å². The molecule has 1 aliphatic heterocycles. The lowest BCUT2D eigenvalue weighted by Gasteiger charge is -2.38. The van der Waals surface area contributed by atoms with Crippen molar-refractivity contribution in [2.75, 3.05) is 51.3 Å². The third-order valence-electron chi connectivity index (χ3n) is 8.03. The maximum absolute atomic E-state index is 13.7. The van der Waals surface area contributed by atoms with Crippen molar-refractivity contribution in [2.24, 2.45) is 0 Å². The summed E-state index contributed by atoms with van der Waals surface area (Å²) < 4.78 is 19.3. The molecule has 37 heavy (non-hydrogen) atoms. The highest BCUT2D eigenvalue weighted by Crippen LogP contribution is 2.34. The van der Waals surface area contributed by atoms with Crippen molar-refractivity contribution >= 4 is 22.5 Å². The monoisotopic (exact) mass is 506 g/mol. The Hall–Kier alpha value is -2.90. The molecule has 0 spiro atoms. The number of amides is 1. The number of piperazine rings is 1. The number of carbonyl (C=O) groups excluding carboxylic acids is 1. The van der Waals surface area contributed by atoms with Crippen LogP contribution in [0.2, 0.25) is 0 Å². The normalized spacial score (nSPS) is 17.8. The van der Waals surface area contributed by atoms with Crippen LogP contribution in [0.4, 0.5) is 10.1 Å². The number of aromatic nitrogens is 1. The molecule has 1 saturated carbocycles. The maximum Gasteiger partial charge on any atom is 0.241 e. The summed E-state index contributed by atoms with van der Waals surface area (Å²) in [6.07, 6.45) is 9.69. The molecule has 1 amide bonds. The quantitative estimate of drug-likeness (QED) is 0.432. The van der Waals surface area contributed by atoms with Crippen molar-refractivity contribution in [3.8, 4) is 5.75 Å². The molecule has 5 rings (SSSR count). The Bertz CT molecular complexity index is 1180. The highest BCUT2D eigenvalue weighted by Gasteiger charge is 2.30. The molecule has 1 aromatic heterocycles. The van der Waals surface area contributed by atoms with Gasteiger partial charge >= 0.3 is 0 Å². The summed E-state index contributed by atoms with van der Waals surface area (Å²) in [7, 11) is 1.68. The van der Waals surface area contributed by atoms with Crippen LogP contribution in [0.1, 0.15) is 44.1 Å². The summed E-state index contributed by atoms with van der Waals surface area (Å²) in [6.45, 7) is 5.19. The maximum atomic E-state index is 13.7. The van der Waals surface area contributed by atoms with Crippen LogP contribution in [0.5, 0.6) is 5.75 Å². The van der Waals surface area contributed by atoms with Crippen LogP contribution in [0.15, 0.2) is 48.7 Å². The summed E-state index contributed by atoms with van der Waals surface area (Å²) in [5.41, 5.74) is 3.07. The molecule has 2 heterocycles. The van der Waals surface area contributed by atoms with Crippen LogP contribution < -0.4 is 9.64 Å². The molecule has 7 heteroatoms. The Morgan fingerprint density at radius 3 is 2.59 bits per heavy atom. The highest BCUT2D eigenvalue weighted by molar-refractivity contribution is 5.96. The molecule has 0 bridgehead atoms. The lowest BCUT2D eigenvalue weighted by Crippen LogP contribution is -2.52. The van der Waals surface area contributed by atoms with Gasteiger partial charge in [-0.15, -0.1) is 0 Å². The van der Waals surface area contributed by atoms with E-state index < -0.39 is 0 Å². The van der Waals surface area contributed by atoms with Gasteiger partial charge in [0.25, 0.3) is 0 Å². The van der Waals surface area contributed by atoms with Crippen LogP contribution in [0.25, 0.3) is 10.9 Å². The van der Waals surface area contributed by atoms with Gasteiger partial charge in [0, 0.05) is 49.3 Å². The number of fused-ring (bicyclic) bond motifs is 1. The summed E-state index contributed by atoms with van der Waals surface area (Å²) in [5, 5.41) is 0.987. The molecule has 2 aliphatic rings. The minimum atomic E-state index is -0.188. The van der Waals surface area contributed by atoms with E-state index in [9.17, 15) is 9.18 Å². The van der Waals surface area contributed by atoms with Gasteiger partial charge in [0.05, 0.1) is 19.3 Å². The van der Waals surface area contributed by atoms with Crippen molar-refractivity contribution in [1.29, 1.82) is 0 Å². The van der Waals surface area contributed by atoms with Crippen molar-refractivity contribution in [3.05, 3.63) is 60.0 Å². The van der Waals surface area contributed by atoms with Crippen molar-refractivity contribution in [3.63, 3.8) is 0 Å². The fourth-order valence-corrected chi connectivity index (χ4v) is 5.99. The third kappa shape index (κ3) is 6.16. The van der Waals surface area contributed by atoms with Crippen molar-refractivity contribution in [1.82, 2.24) is 14.8 Å². The first kappa shape index (κ1) is 25.7. The summed E-state index contributed by atoms with van der Waals surface area (Å²) in [4.78, 5) is 23.7. The minimum Gasteiger partial charge on any atom is -0.495 e. The molecule has 1 saturated heterocycles. The second-order valence-electron chi connectivity index (χ2n) is 10.5. The Balaban J connectivity index is 1.14. The number of carbonyl (C=O) groups is 1. The van der Waals surface area contributed by atoms with E-state index in [1.807, 2.05) is 35.4 Å². The zero-order chi connectivity index (χ0) is 25.6. The average Bonchev–Trinajstić information content (AvgIpc) is 3.32. The molecule has 0 unspecified atom stereocenters. The molecular formula is C30H39FN4O2. The number of anilines is 1. The van der Waals surface area contributed by atoms with E-state index >= 15 is 0 Å². The van der Waals surface area contributed by atoms with Gasteiger partial charge in [-0.3, -0.25) is 9.69 Å². The third-order valence-corrected chi connectivity index (χ3v) is 8.03. The molecule has 2 fully saturated rings. The number of aromatic amines is 1. The van der Waals surface area contributed by atoms with E-state index in [2.05, 4.69) is 14.8 Å². The number of hydrogen-bond donors (Lipinski definition) is 1. The van der Waals surface area contributed by atoms with E-state index in [1.165, 1.54) is 30.9 Å². The van der Waals surface area contributed by atoms with E-state index in [0.717, 1.165) is 80.7 Å². The zero-order valence-electron chi connectivity index (χ0n) is 21.9. The van der Waals surface area contributed by atoms with Gasteiger partial charge in [-0.1, -0.05) is 31.4 Å². The van der Waals surface area contributed by atoms with Gasteiger partial charge in [-0.2, -0.15) is 0 Å². The molecule has 6 nitrogen and oxygen atoms in total. The lowest BCUT2D eigenvalue weighted by atomic mass is 9.93. The van der Waals surface area contributed by atoms with Crippen LogP contribution >= 0.6 is 0 Å². The van der Waals surface area contributed by atoms with Crippen LogP contribution in [0.3, 0.4) is 0 Å². The Morgan fingerprint density at radius 2 is 1.81 bits per heavy atom. The van der Waals surface area contributed by atoms with Gasteiger partial charge in [-0.25, -0.2) is 4.39 Å². The number of halogens is 1. The average molecular weight is 507 g/mol. The number of aryl methyl sites for hydroxylation is 1. The molecular weight excluding hydrogens is 467 g/mol. The number of para-hydroxylation sites is 2. The second kappa shape index (κ2) is 12.1. The fraction of sp³-hybridized carbons (Fsp3) is 0.500. The smallest absolute Gasteiger partial charge is 0.241 e. The van der Waals surface area contributed by atoms with E-state index in [-0.39, 0.29) is 17.8 Å². The molecule has 0 atom stereocenters. The minimum absolute atomic E-state index is 0.177. The first-order chi connectivity index (χ1) is 18.1. The largest absolute Gasteiger partial charge is 0.495 e. The number of nitrogens with one attached hydrogen (secondary N) is 1. The second-order valence-corrected chi connectivity index (χ2v) is 10.5. The Kier molecular flexibility index (Phi) is 8.41. The molecule has 198 valence electrons. The Labute approximate surface area is 219 Å². The zero-order valence-corrected chi connectivity index (χ0v) is 21.9. The summed E-state index contributed by atoms with van der Waals surface area (Å²) in [6, 6.07) is 13.1. The van der Waals surface area contributed by atoms with Gasteiger partial charge in [0.2, 0.25) is 5.91 Å². The topological polar surface area (TPSA) is 51.8 Å². The number of hydrogen-bond acceptors (Lipinski definition) is 4.